The van der Waals surface area contributed by atoms with Crippen LogP contribution in [0, 0.1) is 17.3 Å². The molecule has 2 aromatic heterocycles. The maximum Gasteiger partial charge on any atom is 0.254 e. The van der Waals surface area contributed by atoms with Gasteiger partial charge in [-0.25, -0.2) is 4.98 Å². The molecule has 1 amide bonds. The number of carbonyl (C=O) groups excluding carboxylic acids is 1. The number of hydrogen-bond acceptors (Lipinski definition) is 6. The number of nitriles is 1. The third-order valence-electron chi connectivity index (χ3n) is 5.89. The number of anilines is 1. The van der Waals surface area contributed by atoms with E-state index in [1.54, 1.807) is 32.6 Å². The Balaban J connectivity index is 1.77. The Labute approximate surface area is 185 Å². The smallest absolute Gasteiger partial charge is 0.254 e. The van der Waals surface area contributed by atoms with E-state index in [0.717, 1.165) is 24.2 Å². The van der Waals surface area contributed by atoms with Gasteiger partial charge < -0.3 is 14.4 Å². The molecule has 0 spiro atoms. The van der Waals surface area contributed by atoms with E-state index in [4.69, 9.17) is 0 Å². The van der Waals surface area contributed by atoms with Crippen LogP contribution in [0.2, 0.25) is 0 Å². The minimum absolute atomic E-state index is 0.236. The molecule has 3 heterocycles. The van der Waals surface area contributed by atoms with Gasteiger partial charge in [-0.05, 0) is 31.0 Å². The van der Waals surface area contributed by atoms with Crippen LogP contribution in [0.25, 0.3) is 11.1 Å². The SMILES string of the molecule is CN(C)C(=O)c1ccc(-c2ccc(F)nc2)c(N2CCC(c3nncn3C)CC2)c1C#N. The highest BCUT2D eigenvalue weighted by atomic mass is 19.1. The number of aromatic nitrogens is 4. The minimum Gasteiger partial charge on any atom is -0.370 e. The van der Waals surface area contributed by atoms with Gasteiger partial charge in [-0.2, -0.15) is 9.65 Å². The average molecular weight is 433 g/mol. The van der Waals surface area contributed by atoms with Gasteiger partial charge in [-0.15, -0.1) is 10.2 Å². The Morgan fingerprint density at radius 3 is 2.53 bits per heavy atom. The van der Waals surface area contributed by atoms with Crippen LogP contribution in [-0.4, -0.2) is 57.7 Å². The van der Waals surface area contributed by atoms with Crippen molar-refractivity contribution >= 4 is 11.6 Å². The molecule has 8 nitrogen and oxygen atoms in total. The first kappa shape index (κ1) is 21.4. The highest BCUT2D eigenvalue weighted by Gasteiger charge is 2.29. The number of nitrogens with zero attached hydrogens (tertiary/aromatic N) is 7. The molecule has 0 unspecified atom stereocenters. The number of pyridine rings is 1. The third-order valence-corrected chi connectivity index (χ3v) is 5.89. The summed E-state index contributed by atoms with van der Waals surface area (Å²) in [5, 5.41) is 18.3. The Morgan fingerprint density at radius 1 is 1.22 bits per heavy atom. The summed E-state index contributed by atoms with van der Waals surface area (Å²) < 4.78 is 15.4. The first-order chi connectivity index (χ1) is 15.4. The Bertz CT molecular complexity index is 1170. The van der Waals surface area contributed by atoms with Crippen molar-refractivity contribution in [1.29, 1.82) is 5.26 Å². The number of rotatable bonds is 4. The number of piperidine rings is 1. The number of amides is 1. The van der Waals surface area contributed by atoms with Crippen LogP contribution in [0.1, 0.15) is 40.5 Å². The van der Waals surface area contributed by atoms with E-state index in [-0.39, 0.29) is 11.8 Å². The molecule has 1 fully saturated rings. The van der Waals surface area contributed by atoms with E-state index in [9.17, 15) is 14.4 Å². The summed E-state index contributed by atoms with van der Waals surface area (Å²) in [5.41, 5.74) is 2.80. The zero-order valence-electron chi connectivity index (χ0n) is 18.3. The van der Waals surface area contributed by atoms with Crippen LogP contribution in [0.4, 0.5) is 10.1 Å². The highest BCUT2D eigenvalue weighted by Crippen LogP contribution is 2.39. The molecule has 0 atom stereocenters. The second-order valence-corrected chi connectivity index (χ2v) is 8.13. The van der Waals surface area contributed by atoms with Crippen LogP contribution in [-0.2, 0) is 7.05 Å². The largest absolute Gasteiger partial charge is 0.370 e. The summed E-state index contributed by atoms with van der Waals surface area (Å²) in [4.78, 5) is 20.1. The van der Waals surface area contributed by atoms with E-state index in [1.165, 1.54) is 17.2 Å². The lowest BCUT2D eigenvalue weighted by molar-refractivity contribution is 0.0827. The predicted octanol–water partition coefficient (Wildman–Crippen LogP) is 2.97. The first-order valence-corrected chi connectivity index (χ1v) is 10.4. The Kier molecular flexibility index (Phi) is 5.86. The van der Waals surface area contributed by atoms with Crippen molar-refractivity contribution in [3.63, 3.8) is 0 Å². The topological polar surface area (TPSA) is 90.9 Å². The lowest BCUT2D eigenvalue weighted by Gasteiger charge is -2.35. The molecule has 1 aliphatic rings. The van der Waals surface area contributed by atoms with Crippen LogP contribution >= 0.6 is 0 Å². The third kappa shape index (κ3) is 3.91. The molecule has 0 N–H and O–H groups in total. The molecule has 9 heteroatoms. The quantitative estimate of drug-likeness (QED) is 0.588. The van der Waals surface area contributed by atoms with Crippen molar-refractivity contribution in [3.8, 4) is 17.2 Å². The van der Waals surface area contributed by atoms with E-state index in [2.05, 4.69) is 26.2 Å². The fourth-order valence-corrected chi connectivity index (χ4v) is 4.24. The summed E-state index contributed by atoms with van der Waals surface area (Å²) in [7, 11) is 5.26. The van der Waals surface area contributed by atoms with Crippen LogP contribution in [0.5, 0.6) is 0 Å². The molecule has 164 valence electrons. The van der Waals surface area contributed by atoms with Gasteiger partial charge in [0.15, 0.2) is 0 Å². The van der Waals surface area contributed by atoms with Gasteiger partial charge in [0, 0.05) is 57.5 Å². The minimum atomic E-state index is -0.570. The van der Waals surface area contributed by atoms with Crippen molar-refractivity contribution in [2.75, 3.05) is 32.1 Å². The zero-order chi connectivity index (χ0) is 22.8. The monoisotopic (exact) mass is 433 g/mol. The van der Waals surface area contributed by atoms with Gasteiger partial charge >= 0.3 is 0 Å². The Morgan fingerprint density at radius 2 is 1.97 bits per heavy atom. The maximum absolute atomic E-state index is 13.4. The van der Waals surface area contributed by atoms with Crippen molar-refractivity contribution in [2.24, 2.45) is 7.05 Å². The summed E-state index contributed by atoms with van der Waals surface area (Å²) in [6, 6.07) is 8.67. The molecule has 0 bridgehead atoms. The van der Waals surface area contributed by atoms with Crippen molar-refractivity contribution in [2.45, 2.75) is 18.8 Å². The molecule has 32 heavy (non-hydrogen) atoms. The molecular formula is C23H24FN7O. The maximum atomic E-state index is 13.4. The van der Waals surface area contributed by atoms with Gasteiger partial charge in [-0.1, -0.05) is 6.07 Å². The standard InChI is InChI=1S/C23H24FN7O/c1-29(2)23(32)18-6-5-17(16-4-7-20(24)26-13-16)21(19(18)12-25)31-10-8-15(9-11-31)22-28-27-14-30(22)3/h4-7,13-15H,8-11H2,1-3H3. The van der Waals surface area contributed by atoms with Gasteiger partial charge in [0.1, 0.15) is 18.2 Å². The predicted molar refractivity (Wildman–Crippen MR) is 118 cm³/mol. The number of aryl methyl sites for hydroxylation is 1. The zero-order valence-corrected chi connectivity index (χ0v) is 18.3. The Hall–Kier alpha value is -3.80. The summed E-state index contributed by atoms with van der Waals surface area (Å²) in [5.74, 6) is 0.414. The van der Waals surface area contributed by atoms with Crippen LogP contribution in [0.15, 0.2) is 36.8 Å². The molecule has 0 saturated carbocycles. The van der Waals surface area contributed by atoms with E-state index >= 15 is 0 Å². The number of benzene rings is 1. The fraction of sp³-hybridized carbons (Fsp3) is 0.348. The second-order valence-electron chi connectivity index (χ2n) is 8.13. The van der Waals surface area contributed by atoms with E-state index in [1.807, 2.05) is 17.7 Å². The van der Waals surface area contributed by atoms with E-state index < -0.39 is 5.95 Å². The lowest BCUT2D eigenvalue weighted by Crippen LogP contribution is -2.35. The fourth-order valence-electron chi connectivity index (χ4n) is 4.24. The average Bonchev–Trinajstić information content (AvgIpc) is 3.24. The molecule has 4 rings (SSSR count). The molecule has 1 saturated heterocycles. The molecule has 0 radical (unpaired) electrons. The van der Waals surface area contributed by atoms with Gasteiger partial charge in [0.25, 0.3) is 5.91 Å². The van der Waals surface area contributed by atoms with Crippen molar-refractivity contribution in [3.05, 3.63) is 59.7 Å². The van der Waals surface area contributed by atoms with Gasteiger partial charge in [-0.3, -0.25) is 4.79 Å². The molecule has 1 aromatic carbocycles. The number of halogens is 1. The van der Waals surface area contributed by atoms with Crippen molar-refractivity contribution < 1.29 is 9.18 Å². The molecule has 0 aliphatic carbocycles. The lowest BCUT2D eigenvalue weighted by atomic mass is 9.91. The van der Waals surface area contributed by atoms with Gasteiger partial charge in [0.2, 0.25) is 5.95 Å². The molecule has 3 aromatic rings. The molecule has 1 aliphatic heterocycles. The van der Waals surface area contributed by atoms with E-state index in [0.29, 0.717) is 35.5 Å². The van der Waals surface area contributed by atoms with Crippen LogP contribution in [0.3, 0.4) is 0 Å². The number of carbonyl (C=O) groups is 1. The number of hydrogen-bond donors (Lipinski definition) is 0. The summed E-state index contributed by atoms with van der Waals surface area (Å²) in [6.07, 6.45) is 4.83. The van der Waals surface area contributed by atoms with Gasteiger partial charge in [0.05, 0.1) is 16.8 Å². The van der Waals surface area contributed by atoms with Crippen LogP contribution < -0.4 is 4.90 Å². The van der Waals surface area contributed by atoms with Crippen molar-refractivity contribution in [1.82, 2.24) is 24.6 Å². The summed E-state index contributed by atoms with van der Waals surface area (Å²) in [6.45, 7) is 1.38. The summed E-state index contributed by atoms with van der Waals surface area (Å²) >= 11 is 0. The normalized spacial score (nSPS) is 14.3. The first-order valence-electron chi connectivity index (χ1n) is 10.4. The second kappa shape index (κ2) is 8.75. The highest BCUT2D eigenvalue weighted by molar-refractivity contribution is 6.00. The molecular weight excluding hydrogens is 409 g/mol.